The van der Waals surface area contributed by atoms with Gasteiger partial charge in [0.25, 0.3) is 0 Å². The van der Waals surface area contributed by atoms with Gasteiger partial charge in [0, 0.05) is 0 Å². The van der Waals surface area contributed by atoms with E-state index in [1.54, 1.807) is 0 Å². The summed E-state index contributed by atoms with van der Waals surface area (Å²) in [6.45, 7) is 7.51. The number of unbranched alkanes of at least 4 members (excludes halogenated alkanes) is 12. The highest BCUT2D eigenvalue weighted by atomic mass is 14.9. The van der Waals surface area contributed by atoms with Crippen molar-refractivity contribution in [2.45, 2.75) is 104 Å². The Hall–Kier alpha value is -0.340. The molecular weight excluding hydrogens is 292 g/mol. The van der Waals surface area contributed by atoms with Crippen molar-refractivity contribution in [1.29, 1.82) is 0 Å². The molecule has 3 N–H and O–H groups in total. The summed E-state index contributed by atoms with van der Waals surface area (Å²) in [5.74, 6) is 0.610. The maximum atomic E-state index is 5.60. The van der Waals surface area contributed by atoms with Gasteiger partial charge in [0.15, 0.2) is 0 Å². The number of nitrogens with one attached hydrogen (secondary N) is 1. The van der Waals surface area contributed by atoms with E-state index in [1.165, 1.54) is 89.9 Å². The van der Waals surface area contributed by atoms with Crippen LogP contribution in [0.4, 0.5) is 0 Å². The van der Waals surface area contributed by atoms with E-state index in [4.69, 9.17) is 5.73 Å². The van der Waals surface area contributed by atoms with Crippen molar-refractivity contribution in [3.63, 3.8) is 0 Å². The second kappa shape index (κ2) is 20.7. The van der Waals surface area contributed by atoms with Gasteiger partial charge in [0.2, 0.25) is 0 Å². The third-order valence-electron chi connectivity index (χ3n) is 4.76. The van der Waals surface area contributed by atoms with Gasteiger partial charge in [0.1, 0.15) is 0 Å². The Balaban J connectivity index is 3.08. The lowest BCUT2D eigenvalue weighted by atomic mass is 10.1. The Morgan fingerprint density at radius 3 is 1.79 bits per heavy atom. The van der Waals surface area contributed by atoms with Crippen molar-refractivity contribution >= 4 is 0 Å². The van der Waals surface area contributed by atoms with Crippen molar-refractivity contribution in [3.8, 4) is 0 Å². The van der Waals surface area contributed by atoms with E-state index < -0.39 is 0 Å². The Kier molecular flexibility index (Phi) is 20.4. The lowest BCUT2D eigenvalue weighted by Crippen LogP contribution is -2.26. The first-order chi connectivity index (χ1) is 11.8. The molecule has 0 saturated heterocycles. The van der Waals surface area contributed by atoms with Crippen LogP contribution in [0.25, 0.3) is 0 Å². The maximum Gasteiger partial charge on any atom is -0.00111 e. The van der Waals surface area contributed by atoms with Crippen LogP contribution in [0.2, 0.25) is 0 Å². The molecule has 0 aromatic rings. The second-order valence-electron chi connectivity index (χ2n) is 7.48. The van der Waals surface area contributed by atoms with E-state index in [9.17, 15) is 0 Å². The minimum Gasteiger partial charge on any atom is -0.330 e. The summed E-state index contributed by atoms with van der Waals surface area (Å²) in [6, 6.07) is 0. The molecule has 0 spiro atoms. The van der Waals surface area contributed by atoms with Gasteiger partial charge in [-0.3, -0.25) is 0 Å². The molecule has 0 heterocycles. The molecule has 0 amide bonds. The monoisotopic (exact) mass is 338 g/mol. The van der Waals surface area contributed by atoms with Crippen LogP contribution in [-0.2, 0) is 0 Å². The van der Waals surface area contributed by atoms with Crippen molar-refractivity contribution < 1.29 is 0 Å². The van der Waals surface area contributed by atoms with Gasteiger partial charge in [0.05, 0.1) is 0 Å². The van der Waals surface area contributed by atoms with E-state index in [0.29, 0.717) is 5.92 Å². The van der Waals surface area contributed by atoms with Gasteiger partial charge in [-0.2, -0.15) is 0 Å². The van der Waals surface area contributed by atoms with Gasteiger partial charge in [-0.05, 0) is 57.7 Å². The molecule has 0 rings (SSSR count). The average molecular weight is 339 g/mol. The maximum absolute atomic E-state index is 5.60. The van der Waals surface area contributed by atoms with Gasteiger partial charge in [-0.1, -0.05) is 83.8 Å². The van der Waals surface area contributed by atoms with Gasteiger partial charge in [-0.15, -0.1) is 0 Å². The van der Waals surface area contributed by atoms with Gasteiger partial charge >= 0.3 is 0 Å². The van der Waals surface area contributed by atoms with Crippen LogP contribution in [0, 0.1) is 5.92 Å². The summed E-state index contributed by atoms with van der Waals surface area (Å²) in [4.78, 5) is 0. The molecule has 2 nitrogen and oxygen atoms in total. The highest BCUT2D eigenvalue weighted by Gasteiger charge is 1.97. The van der Waals surface area contributed by atoms with Crippen LogP contribution in [-0.4, -0.2) is 19.6 Å². The standard InChI is InChI=1S/C22H46N2/c1-3-4-5-6-7-8-9-10-11-12-13-14-15-16-17-18-19-24-21-22(2)20-23/h10-11,22,24H,3-9,12-21,23H2,1-2H3/b11-10-. The fraction of sp³-hybridized carbons (Fsp3) is 0.909. The quantitative estimate of drug-likeness (QED) is 0.217. The number of rotatable bonds is 19. The highest BCUT2D eigenvalue weighted by Crippen LogP contribution is 2.09. The molecule has 0 aromatic heterocycles. The Morgan fingerprint density at radius 1 is 0.750 bits per heavy atom. The zero-order chi connectivity index (χ0) is 17.7. The summed E-state index contributed by atoms with van der Waals surface area (Å²) in [5, 5.41) is 3.50. The van der Waals surface area contributed by atoms with Gasteiger partial charge < -0.3 is 11.1 Å². The molecule has 144 valence electrons. The molecular formula is C22H46N2. The van der Waals surface area contributed by atoms with Gasteiger partial charge in [-0.25, -0.2) is 0 Å². The summed E-state index contributed by atoms with van der Waals surface area (Å²) in [7, 11) is 0. The molecule has 2 heteroatoms. The van der Waals surface area contributed by atoms with Crippen LogP contribution in [0.1, 0.15) is 104 Å². The molecule has 1 atom stereocenters. The van der Waals surface area contributed by atoms with E-state index in [1.807, 2.05) is 0 Å². The number of hydrogen-bond acceptors (Lipinski definition) is 2. The predicted molar refractivity (Wildman–Crippen MR) is 111 cm³/mol. The lowest BCUT2D eigenvalue weighted by Gasteiger charge is -2.09. The third-order valence-corrected chi connectivity index (χ3v) is 4.76. The summed E-state index contributed by atoms with van der Waals surface area (Å²) < 4.78 is 0. The average Bonchev–Trinajstić information content (AvgIpc) is 2.60. The van der Waals surface area contributed by atoms with E-state index in [0.717, 1.165) is 19.6 Å². The third kappa shape index (κ3) is 19.7. The molecule has 0 aliphatic carbocycles. The summed E-state index contributed by atoms with van der Waals surface area (Å²) in [5.41, 5.74) is 5.60. The molecule has 0 radical (unpaired) electrons. The van der Waals surface area contributed by atoms with Crippen molar-refractivity contribution in [1.82, 2.24) is 5.32 Å². The highest BCUT2D eigenvalue weighted by molar-refractivity contribution is 4.81. The molecule has 0 bridgehead atoms. The van der Waals surface area contributed by atoms with E-state index >= 15 is 0 Å². The van der Waals surface area contributed by atoms with Crippen LogP contribution < -0.4 is 11.1 Å². The molecule has 0 aromatic carbocycles. The molecule has 0 aliphatic rings. The van der Waals surface area contributed by atoms with Crippen molar-refractivity contribution in [2.75, 3.05) is 19.6 Å². The van der Waals surface area contributed by atoms with Crippen LogP contribution in [0.5, 0.6) is 0 Å². The van der Waals surface area contributed by atoms with E-state index in [2.05, 4.69) is 31.3 Å². The fourth-order valence-electron chi connectivity index (χ4n) is 2.93. The first-order valence-corrected chi connectivity index (χ1v) is 10.9. The SMILES string of the molecule is CCCCCCCC/C=C\CCCCCCCCNCC(C)CN. The molecule has 0 saturated carbocycles. The minimum atomic E-state index is 0.610. The Bertz CT molecular complexity index is 250. The Labute approximate surface area is 153 Å². The predicted octanol–water partition coefficient (Wildman–Crippen LogP) is 6.21. The largest absolute Gasteiger partial charge is 0.330 e. The van der Waals surface area contributed by atoms with Crippen LogP contribution in [0.15, 0.2) is 12.2 Å². The molecule has 24 heavy (non-hydrogen) atoms. The number of nitrogens with two attached hydrogens (primary N) is 1. The first-order valence-electron chi connectivity index (χ1n) is 10.9. The minimum absolute atomic E-state index is 0.610. The summed E-state index contributed by atoms with van der Waals surface area (Å²) >= 11 is 0. The molecule has 1 unspecified atom stereocenters. The molecule has 0 fully saturated rings. The second-order valence-corrected chi connectivity index (χ2v) is 7.48. The van der Waals surface area contributed by atoms with Crippen LogP contribution >= 0.6 is 0 Å². The normalized spacial score (nSPS) is 13.0. The smallest absolute Gasteiger partial charge is 0.00111 e. The van der Waals surface area contributed by atoms with Crippen molar-refractivity contribution in [2.24, 2.45) is 11.7 Å². The molecule has 0 aliphatic heterocycles. The number of allylic oxidation sites excluding steroid dienone is 2. The van der Waals surface area contributed by atoms with Crippen molar-refractivity contribution in [3.05, 3.63) is 12.2 Å². The van der Waals surface area contributed by atoms with E-state index in [-0.39, 0.29) is 0 Å². The summed E-state index contributed by atoms with van der Waals surface area (Å²) in [6.07, 6.45) is 24.1. The van der Waals surface area contributed by atoms with Crippen LogP contribution in [0.3, 0.4) is 0 Å². The number of hydrogen-bond donors (Lipinski definition) is 2. The zero-order valence-corrected chi connectivity index (χ0v) is 16.8. The zero-order valence-electron chi connectivity index (χ0n) is 16.8. The Morgan fingerprint density at radius 2 is 1.25 bits per heavy atom. The topological polar surface area (TPSA) is 38.0 Å². The lowest BCUT2D eigenvalue weighted by molar-refractivity contribution is 0.502. The fourth-order valence-corrected chi connectivity index (χ4v) is 2.93. The first kappa shape index (κ1) is 23.7.